The molecule has 0 bridgehead atoms. The monoisotopic (exact) mass is 360 g/mol. The fraction of sp³-hybridized carbons (Fsp3) is 0.400. The molecule has 1 saturated carbocycles. The summed E-state index contributed by atoms with van der Waals surface area (Å²) in [4.78, 5) is 0. The molecule has 3 rings (SSSR count). The normalized spacial score (nSPS) is 28.7. The predicted octanol–water partition coefficient (Wildman–Crippen LogP) is 0.825. The van der Waals surface area contributed by atoms with Crippen LogP contribution in [0.1, 0.15) is 17.5 Å². The predicted molar refractivity (Wildman–Crippen MR) is 95.0 cm³/mol. The summed E-state index contributed by atoms with van der Waals surface area (Å²) in [5, 5.41) is 49.0. The van der Waals surface area contributed by atoms with Crippen LogP contribution in [0.3, 0.4) is 0 Å². The van der Waals surface area contributed by atoms with Gasteiger partial charge in [-0.05, 0) is 35.7 Å². The van der Waals surface area contributed by atoms with Gasteiger partial charge in [-0.2, -0.15) is 0 Å². The number of hydrogen-bond donors (Lipinski definition) is 5. The zero-order valence-corrected chi connectivity index (χ0v) is 14.3. The van der Waals surface area contributed by atoms with Crippen LogP contribution in [0.4, 0.5) is 0 Å². The van der Waals surface area contributed by atoms with Crippen LogP contribution in [0.2, 0.25) is 0 Å². The second-order valence-electron chi connectivity index (χ2n) is 6.76. The quantitative estimate of drug-likeness (QED) is 0.540. The van der Waals surface area contributed by atoms with Crippen molar-refractivity contribution < 1.29 is 30.3 Å². The van der Waals surface area contributed by atoms with Crippen molar-refractivity contribution in [1.82, 2.24) is 0 Å². The highest BCUT2D eigenvalue weighted by molar-refractivity contribution is 5.39. The second kappa shape index (κ2) is 8.05. The lowest BCUT2D eigenvalue weighted by Crippen LogP contribution is -2.56. The van der Waals surface area contributed by atoms with Crippen LogP contribution in [0.25, 0.3) is 0 Å². The zero-order chi connectivity index (χ0) is 18.7. The summed E-state index contributed by atoms with van der Waals surface area (Å²) in [5.41, 5.74) is 1.89. The highest BCUT2D eigenvalue weighted by atomic mass is 16.5. The lowest BCUT2D eigenvalue weighted by atomic mass is 9.81. The van der Waals surface area contributed by atoms with Crippen LogP contribution in [-0.2, 0) is 6.42 Å². The summed E-state index contributed by atoms with van der Waals surface area (Å²) in [6.45, 7) is -0.292. The van der Waals surface area contributed by atoms with Crippen molar-refractivity contribution in [3.8, 4) is 11.5 Å². The molecule has 0 radical (unpaired) electrons. The van der Waals surface area contributed by atoms with E-state index in [1.54, 1.807) is 18.2 Å². The summed E-state index contributed by atoms with van der Waals surface area (Å²) < 4.78 is 5.96. The number of para-hydroxylation sites is 1. The number of benzene rings is 2. The van der Waals surface area contributed by atoms with E-state index in [0.29, 0.717) is 12.2 Å². The number of aromatic hydroxyl groups is 1. The molecular weight excluding hydrogens is 336 g/mol. The van der Waals surface area contributed by atoms with Gasteiger partial charge in [0.2, 0.25) is 0 Å². The van der Waals surface area contributed by atoms with Crippen molar-refractivity contribution in [1.29, 1.82) is 0 Å². The van der Waals surface area contributed by atoms with E-state index in [9.17, 15) is 25.5 Å². The largest absolute Gasteiger partial charge is 0.508 e. The van der Waals surface area contributed by atoms with Crippen LogP contribution in [0.15, 0.2) is 48.5 Å². The lowest BCUT2D eigenvalue weighted by molar-refractivity contribution is -0.157. The van der Waals surface area contributed by atoms with Crippen molar-refractivity contribution in [2.45, 2.75) is 37.3 Å². The van der Waals surface area contributed by atoms with Gasteiger partial charge in [-0.1, -0.05) is 30.3 Å². The van der Waals surface area contributed by atoms with Crippen molar-refractivity contribution >= 4 is 0 Å². The Morgan fingerprint density at radius 2 is 1.58 bits per heavy atom. The minimum atomic E-state index is -1.37. The summed E-state index contributed by atoms with van der Waals surface area (Å²) in [6.07, 6.45) is -3.70. The van der Waals surface area contributed by atoms with Gasteiger partial charge in [0.25, 0.3) is 0 Å². The number of aliphatic hydroxyl groups is 4. The summed E-state index contributed by atoms with van der Waals surface area (Å²) in [5.74, 6) is 0.221. The Bertz CT molecular complexity index is 714. The molecule has 2 aromatic carbocycles. The maximum absolute atomic E-state index is 10.2. The minimum Gasteiger partial charge on any atom is -0.508 e. The van der Waals surface area contributed by atoms with E-state index < -0.39 is 30.3 Å². The van der Waals surface area contributed by atoms with Crippen molar-refractivity contribution in [3.05, 3.63) is 59.7 Å². The van der Waals surface area contributed by atoms with Crippen LogP contribution < -0.4 is 4.74 Å². The van der Waals surface area contributed by atoms with E-state index in [0.717, 1.165) is 11.1 Å². The first kappa shape index (κ1) is 18.7. The maximum atomic E-state index is 10.2. The Labute approximate surface area is 151 Å². The van der Waals surface area contributed by atoms with Gasteiger partial charge in [0, 0.05) is 18.9 Å². The Morgan fingerprint density at radius 3 is 2.27 bits per heavy atom. The molecule has 5 N–H and O–H groups in total. The van der Waals surface area contributed by atoms with Gasteiger partial charge in [0.05, 0.1) is 6.10 Å². The van der Waals surface area contributed by atoms with Crippen LogP contribution in [-0.4, -0.2) is 56.6 Å². The molecule has 5 atom stereocenters. The first-order valence-electron chi connectivity index (χ1n) is 8.67. The smallest absolute Gasteiger partial charge is 0.128 e. The Hall–Kier alpha value is -2.12. The molecule has 6 heteroatoms. The molecule has 2 aromatic rings. The average molecular weight is 360 g/mol. The molecule has 6 nitrogen and oxygen atoms in total. The van der Waals surface area contributed by atoms with Gasteiger partial charge >= 0.3 is 0 Å². The molecular formula is C20H24O6. The van der Waals surface area contributed by atoms with Crippen LogP contribution in [0.5, 0.6) is 11.5 Å². The Kier molecular flexibility index (Phi) is 5.78. The fourth-order valence-corrected chi connectivity index (χ4v) is 3.34. The third-order valence-electron chi connectivity index (χ3n) is 4.92. The van der Waals surface area contributed by atoms with Crippen molar-refractivity contribution in [2.24, 2.45) is 5.92 Å². The number of aliphatic hydroxyl groups excluding tert-OH is 4. The van der Waals surface area contributed by atoms with Gasteiger partial charge in [0.15, 0.2) is 0 Å². The molecule has 0 saturated heterocycles. The van der Waals surface area contributed by atoms with E-state index in [2.05, 4.69) is 0 Å². The minimum absolute atomic E-state index is 0.200. The molecule has 0 spiro atoms. The molecule has 140 valence electrons. The number of ether oxygens (including phenoxy) is 1. The first-order valence-corrected chi connectivity index (χ1v) is 8.67. The molecule has 0 amide bonds. The fourth-order valence-electron chi connectivity index (χ4n) is 3.34. The maximum Gasteiger partial charge on any atom is 0.128 e. The zero-order valence-electron chi connectivity index (χ0n) is 14.3. The summed E-state index contributed by atoms with van der Waals surface area (Å²) in [6, 6.07) is 14.3. The molecule has 0 aromatic heterocycles. The third-order valence-corrected chi connectivity index (χ3v) is 4.92. The summed E-state index contributed by atoms with van der Waals surface area (Å²) >= 11 is 0. The van der Waals surface area contributed by atoms with Gasteiger partial charge in [-0.15, -0.1) is 0 Å². The Balaban J connectivity index is 1.78. The molecule has 0 aliphatic heterocycles. The van der Waals surface area contributed by atoms with Crippen molar-refractivity contribution in [3.63, 3.8) is 0 Å². The second-order valence-corrected chi connectivity index (χ2v) is 6.76. The van der Waals surface area contributed by atoms with Crippen LogP contribution >= 0.6 is 0 Å². The van der Waals surface area contributed by atoms with E-state index in [1.807, 2.05) is 30.3 Å². The highest BCUT2D eigenvalue weighted by Gasteiger charge is 2.43. The number of phenolic OH excluding ortho intramolecular Hbond substituents is 1. The Morgan fingerprint density at radius 1 is 0.885 bits per heavy atom. The van der Waals surface area contributed by atoms with E-state index in [4.69, 9.17) is 4.74 Å². The average Bonchev–Trinajstić information content (AvgIpc) is 2.65. The molecule has 1 aliphatic carbocycles. The van der Waals surface area contributed by atoms with Gasteiger partial charge in [0.1, 0.15) is 29.8 Å². The first-order chi connectivity index (χ1) is 12.5. The highest BCUT2D eigenvalue weighted by Crippen LogP contribution is 2.31. The third kappa shape index (κ3) is 3.99. The number of hydrogen-bond acceptors (Lipinski definition) is 6. The van der Waals surface area contributed by atoms with Gasteiger partial charge in [-0.25, -0.2) is 0 Å². The van der Waals surface area contributed by atoms with Crippen LogP contribution in [0, 0.1) is 5.92 Å². The number of phenols is 1. The summed E-state index contributed by atoms with van der Waals surface area (Å²) in [7, 11) is 0. The van der Waals surface area contributed by atoms with Gasteiger partial charge in [-0.3, -0.25) is 0 Å². The van der Waals surface area contributed by atoms with E-state index >= 15 is 0 Å². The molecule has 0 heterocycles. The standard InChI is InChI=1S/C20H24O6/c21-11-14-10-17(19(24)20(25)18(14)23)26-16-4-2-1-3-13(16)9-12-5-7-15(22)8-6-12/h1-8,14,17-25H,9-11H2/t14?,17-,18-,19+,20+/m1/s1. The van der Waals surface area contributed by atoms with E-state index in [-0.39, 0.29) is 18.8 Å². The van der Waals surface area contributed by atoms with Gasteiger partial charge < -0.3 is 30.3 Å². The SMILES string of the molecule is OCC1C[C@@H](Oc2ccccc2Cc2ccc(O)cc2)[C@H](O)[C@@H](O)[C@@H]1O. The number of rotatable bonds is 5. The molecule has 26 heavy (non-hydrogen) atoms. The molecule has 1 aliphatic rings. The molecule has 1 fully saturated rings. The molecule has 1 unspecified atom stereocenters. The van der Waals surface area contributed by atoms with E-state index in [1.165, 1.54) is 0 Å². The van der Waals surface area contributed by atoms with Crippen molar-refractivity contribution in [2.75, 3.05) is 6.61 Å². The lowest BCUT2D eigenvalue weighted by Gasteiger charge is -2.39. The topological polar surface area (TPSA) is 110 Å².